The minimum Gasteiger partial charge on any atom is -0.300 e. The molecule has 6 nitrogen and oxygen atoms in total. The summed E-state index contributed by atoms with van der Waals surface area (Å²) >= 11 is 0. The van der Waals surface area contributed by atoms with Gasteiger partial charge >= 0.3 is 5.69 Å². The van der Waals surface area contributed by atoms with Crippen molar-refractivity contribution in [3.8, 4) is 0 Å². The van der Waals surface area contributed by atoms with Crippen LogP contribution in [0.15, 0.2) is 52.1 Å². The first-order valence-electron chi connectivity index (χ1n) is 9.08. The monoisotopic (exact) mass is 375 g/mol. The number of hydrogen-bond acceptors (Lipinski definition) is 3. The van der Waals surface area contributed by atoms with Crippen molar-refractivity contribution in [2.45, 2.75) is 20.4 Å². The summed E-state index contributed by atoms with van der Waals surface area (Å²) in [6.07, 6.45) is 0. The second-order valence-electron chi connectivity index (χ2n) is 7.25. The number of hydrogen-bond donors (Lipinski definition) is 0. The molecule has 0 bridgehead atoms. The maximum atomic E-state index is 13.0. The quantitative estimate of drug-likeness (QED) is 0.517. The van der Waals surface area contributed by atoms with Gasteiger partial charge in [0.05, 0.1) is 23.1 Å². The van der Waals surface area contributed by atoms with Gasteiger partial charge in [0, 0.05) is 31.1 Å². The van der Waals surface area contributed by atoms with E-state index in [4.69, 9.17) is 0 Å². The first-order chi connectivity index (χ1) is 13.3. The highest BCUT2D eigenvalue weighted by Gasteiger charge is 2.15. The third-order valence-electron chi connectivity index (χ3n) is 5.43. The first kappa shape index (κ1) is 18.0. The molecule has 28 heavy (non-hydrogen) atoms. The Bertz CT molecular complexity index is 1390. The Morgan fingerprint density at radius 3 is 2.36 bits per heavy atom. The summed E-state index contributed by atoms with van der Waals surface area (Å²) in [5.41, 5.74) is 4.22. The van der Waals surface area contributed by atoms with E-state index in [0.717, 1.165) is 27.5 Å². The number of imidazole rings is 1. The molecule has 4 rings (SSSR count). The second kappa shape index (κ2) is 6.34. The van der Waals surface area contributed by atoms with E-state index < -0.39 is 0 Å². The van der Waals surface area contributed by atoms with Crippen LogP contribution in [0, 0.1) is 13.8 Å². The Labute approximate surface area is 161 Å². The summed E-state index contributed by atoms with van der Waals surface area (Å²) in [6.45, 7) is 3.79. The van der Waals surface area contributed by atoms with Crippen LogP contribution < -0.4 is 11.2 Å². The average molecular weight is 375 g/mol. The lowest BCUT2D eigenvalue weighted by atomic mass is 10.1. The average Bonchev–Trinajstić information content (AvgIpc) is 2.89. The summed E-state index contributed by atoms with van der Waals surface area (Å²) in [4.78, 5) is 37.8. The number of fused-ring (bicyclic) bond motifs is 2. The Morgan fingerprint density at radius 1 is 0.893 bits per heavy atom. The van der Waals surface area contributed by atoms with E-state index in [1.54, 1.807) is 42.9 Å². The molecule has 142 valence electrons. The number of carbonyl (C=O) groups is 1. The zero-order valence-electron chi connectivity index (χ0n) is 16.3. The Hall–Kier alpha value is -3.41. The SMILES string of the molecule is Cc1cc(=O)n(CC(=O)c2ccc3c(c2)n(C)c(=O)n3C)c2c(C)cccc12. The molecule has 2 aromatic carbocycles. The van der Waals surface area contributed by atoms with Gasteiger partial charge in [-0.05, 0) is 43.2 Å². The van der Waals surface area contributed by atoms with Crippen molar-refractivity contribution in [3.05, 3.63) is 80.0 Å². The van der Waals surface area contributed by atoms with E-state index in [1.807, 2.05) is 32.0 Å². The van der Waals surface area contributed by atoms with Gasteiger partial charge in [0.1, 0.15) is 0 Å². The molecule has 2 aromatic heterocycles. The molecule has 0 aliphatic carbocycles. The van der Waals surface area contributed by atoms with Gasteiger partial charge in [-0.3, -0.25) is 18.7 Å². The molecule has 0 radical (unpaired) electrons. The summed E-state index contributed by atoms with van der Waals surface area (Å²) in [5, 5.41) is 0.966. The third-order valence-corrected chi connectivity index (χ3v) is 5.43. The number of aromatic nitrogens is 3. The van der Waals surface area contributed by atoms with Crippen LogP contribution in [0.3, 0.4) is 0 Å². The summed E-state index contributed by atoms with van der Waals surface area (Å²) in [5.74, 6) is -0.172. The molecule has 0 atom stereocenters. The molecule has 0 saturated heterocycles. The second-order valence-corrected chi connectivity index (χ2v) is 7.25. The van der Waals surface area contributed by atoms with E-state index in [1.165, 1.54) is 9.13 Å². The molecular weight excluding hydrogens is 354 g/mol. The van der Waals surface area contributed by atoms with Crippen molar-refractivity contribution in [3.63, 3.8) is 0 Å². The molecule has 0 N–H and O–H groups in total. The number of nitrogens with zero attached hydrogens (tertiary/aromatic N) is 3. The maximum Gasteiger partial charge on any atom is 0.328 e. The van der Waals surface area contributed by atoms with Crippen LogP contribution in [-0.4, -0.2) is 19.5 Å². The van der Waals surface area contributed by atoms with Gasteiger partial charge in [-0.15, -0.1) is 0 Å². The topological polar surface area (TPSA) is 66.0 Å². The van der Waals surface area contributed by atoms with Crippen LogP contribution in [0.4, 0.5) is 0 Å². The van der Waals surface area contributed by atoms with E-state index in [0.29, 0.717) is 11.1 Å². The van der Waals surface area contributed by atoms with E-state index in [-0.39, 0.29) is 23.6 Å². The fraction of sp³-hybridized carbons (Fsp3) is 0.227. The molecule has 0 aliphatic heterocycles. The lowest BCUT2D eigenvalue weighted by molar-refractivity contribution is 0.0972. The standard InChI is InChI=1S/C22H21N3O3/c1-13-6-5-7-16-14(2)10-20(27)25(21(13)16)12-19(26)15-8-9-17-18(11-15)24(4)22(28)23(17)3/h5-11H,12H2,1-4H3. The van der Waals surface area contributed by atoms with E-state index >= 15 is 0 Å². The fourth-order valence-corrected chi connectivity index (χ4v) is 3.86. The number of rotatable bonds is 3. The van der Waals surface area contributed by atoms with Gasteiger partial charge in [0.15, 0.2) is 5.78 Å². The van der Waals surface area contributed by atoms with Crippen LogP contribution in [-0.2, 0) is 20.6 Å². The molecule has 4 aromatic rings. The third kappa shape index (κ3) is 2.60. The van der Waals surface area contributed by atoms with Crippen LogP contribution in [0.2, 0.25) is 0 Å². The van der Waals surface area contributed by atoms with Crippen molar-refractivity contribution >= 4 is 27.7 Å². The molecule has 0 amide bonds. The zero-order chi connectivity index (χ0) is 20.2. The minimum absolute atomic E-state index is 0.0489. The van der Waals surface area contributed by atoms with Crippen LogP contribution in [0.25, 0.3) is 21.9 Å². The van der Waals surface area contributed by atoms with Crippen LogP contribution in [0.5, 0.6) is 0 Å². The zero-order valence-corrected chi connectivity index (χ0v) is 16.3. The van der Waals surface area contributed by atoms with Gasteiger partial charge in [0.25, 0.3) is 5.56 Å². The van der Waals surface area contributed by atoms with Crippen molar-refractivity contribution in [2.24, 2.45) is 14.1 Å². The highest BCUT2D eigenvalue weighted by atomic mass is 16.2. The first-order valence-corrected chi connectivity index (χ1v) is 9.08. The lowest BCUT2D eigenvalue weighted by Crippen LogP contribution is -2.25. The Balaban J connectivity index is 1.84. The molecule has 0 aliphatic rings. The molecule has 0 spiro atoms. The smallest absolute Gasteiger partial charge is 0.300 e. The summed E-state index contributed by atoms with van der Waals surface area (Å²) in [6, 6.07) is 12.6. The highest BCUT2D eigenvalue weighted by Crippen LogP contribution is 2.21. The van der Waals surface area contributed by atoms with Gasteiger partial charge in [0.2, 0.25) is 0 Å². The van der Waals surface area contributed by atoms with Gasteiger partial charge in [-0.1, -0.05) is 18.2 Å². The fourth-order valence-electron chi connectivity index (χ4n) is 3.86. The van der Waals surface area contributed by atoms with Crippen molar-refractivity contribution in [1.82, 2.24) is 13.7 Å². The number of para-hydroxylation sites is 1. The van der Waals surface area contributed by atoms with Gasteiger partial charge in [-0.2, -0.15) is 0 Å². The van der Waals surface area contributed by atoms with Crippen molar-refractivity contribution in [1.29, 1.82) is 0 Å². The predicted molar refractivity (Wildman–Crippen MR) is 110 cm³/mol. The number of carbonyl (C=O) groups excluding carboxylic acids is 1. The number of pyridine rings is 1. The Kier molecular flexibility index (Phi) is 4.07. The molecule has 0 fully saturated rings. The van der Waals surface area contributed by atoms with E-state index in [9.17, 15) is 14.4 Å². The Morgan fingerprint density at radius 2 is 1.61 bits per heavy atom. The minimum atomic E-state index is -0.194. The number of benzene rings is 2. The van der Waals surface area contributed by atoms with Crippen molar-refractivity contribution < 1.29 is 4.79 Å². The van der Waals surface area contributed by atoms with Crippen LogP contribution in [0.1, 0.15) is 21.5 Å². The molecule has 0 unspecified atom stereocenters. The lowest BCUT2D eigenvalue weighted by Gasteiger charge is -2.14. The number of aryl methyl sites for hydroxylation is 4. The van der Waals surface area contributed by atoms with E-state index in [2.05, 4.69) is 0 Å². The normalized spacial score (nSPS) is 11.4. The predicted octanol–water partition coefficient (Wildman–Crippen LogP) is 2.69. The van der Waals surface area contributed by atoms with Crippen molar-refractivity contribution in [2.75, 3.05) is 0 Å². The van der Waals surface area contributed by atoms with Gasteiger partial charge in [-0.25, -0.2) is 4.79 Å². The molecule has 6 heteroatoms. The van der Waals surface area contributed by atoms with Crippen LogP contribution >= 0.6 is 0 Å². The number of ketones is 1. The summed E-state index contributed by atoms with van der Waals surface area (Å²) < 4.78 is 4.60. The largest absolute Gasteiger partial charge is 0.328 e. The molecule has 2 heterocycles. The summed E-state index contributed by atoms with van der Waals surface area (Å²) in [7, 11) is 3.38. The maximum absolute atomic E-state index is 13.0. The van der Waals surface area contributed by atoms with Gasteiger partial charge < -0.3 is 4.57 Å². The molecular formula is C22H21N3O3. The molecule has 0 saturated carbocycles. The number of Topliss-reactive ketones (excluding diaryl/α,β-unsaturated/α-hetero) is 1. The highest BCUT2D eigenvalue weighted by molar-refractivity contribution is 5.99.